The van der Waals surface area contributed by atoms with E-state index in [1.54, 1.807) is 24.3 Å². The van der Waals surface area contributed by atoms with Gasteiger partial charge in [0.2, 0.25) is 0 Å². The molecule has 0 aliphatic carbocycles. The number of rotatable bonds is 3. The van der Waals surface area contributed by atoms with Crippen LogP contribution in [0.3, 0.4) is 0 Å². The molecule has 0 bridgehead atoms. The van der Waals surface area contributed by atoms with Crippen molar-refractivity contribution in [3.8, 4) is 0 Å². The molecule has 0 aliphatic rings. The fourth-order valence-electron chi connectivity index (χ4n) is 2.28. The number of nitrogens with two attached hydrogens (primary N) is 1. The van der Waals surface area contributed by atoms with E-state index in [9.17, 15) is 8.78 Å². The van der Waals surface area contributed by atoms with Crippen LogP contribution in [0.15, 0.2) is 48.5 Å². The minimum absolute atomic E-state index is 0.0865. The number of halogens is 2. The maximum Gasteiger partial charge on any atom is 0.123 e. The molecular formula is C16H17F2N. The van der Waals surface area contributed by atoms with Crippen LogP contribution in [0.4, 0.5) is 8.78 Å². The molecule has 100 valence electrons. The lowest BCUT2D eigenvalue weighted by atomic mass is 9.75. The van der Waals surface area contributed by atoms with Crippen molar-refractivity contribution in [2.24, 2.45) is 11.7 Å². The second-order valence-corrected chi connectivity index (χ2v) is 5.04. The van der Waals surface area contributed by atoms with Crippen LogP contribution >= 0.6 is 0 Å². The Morgan fingerprint density at radius 3 is 1.37 bits per heavy atom. The second kappa shape index (κ2) is 5.10. The Labute approximate surface area is 112 Å². The zero-order chi connectivity index (χ0) is 14.0. The summed E-state index contributed by atoms with van der Waals surface area (Å²) in [6, 6.07) is 12.3. The molecule has 0 saturated carbocycles. The Bertz CT molecular complexity index is 498. The van der Waals surface area contributed by atoms with E-state index in [0.717, 1.165) is 11.1 Å². The molecule has 2 aromatic carbocycles. The van der Waals surface area contributed by atoms with Gasteiger partial charge < -0.3 is 5.73 Å². The molecule has 0 atom stereocenters. The topological polar surface area (TPSA) is 26.0 Å². The summed E-state index contributed by atoms with van der Waals surface area (Å²) >= 11 is 0. The van der Waals surface area contributed by atoms with Crippen molar-refractivity contribution in [2.75, 3.05) is 0 Å². The van der Waals surface area contributed by atoms with Crippen LogP contribution in [0.1, 0.15) is 25.0 Å². The summed E-state index contributed by atoms with van der Waals surface area (Å²) < 4.78 is 26.1. The quantitative estimate of drug-likeness (QED) is 0.893. The van der Waals surface area contributed by atoms with E-state index in [2.05, 4.69) is 0 Å². The van der Waals surface area contributed by atoms with E-state index in [4.69, 9.17) is 5.73 Å². The van der Waals surface area contributed by atoms with Gasteiger partial charge in [0.05, 0.1) is 5.54 Å². The molecule has 2 N–H and O–H groups in total. The molecule has 1 nitrogen and oxygen atoms in total. The summed E-state index contributed by atoms with van der Waals surface area (Å²) in [5.74, 6) is -0.508. The van der Waals surface area contributed by atoms with Crippen molar-refractivity contribution in [2.45, 2.75) is 19.4 Å². The van der Waals surface area contributed by atoms with Gasteiger partial charge in [0.1, 0.15) is 11.6 Å². The van der Waals surface area contributed by atoms with Gasteiger partial charge >= 0.3 is 0 Å². The SMILES string of the molecule is CC(C)C(N)(c1ccc(F)cc1)c1ccc(F)cc1. The predicted octanol–water partition coefficient (Wildman–Crippen LogP) is 3.82. The van der Waals surface area contributed by atoms with Crippen molar-refractivity contribution in [3.63, 3.8) is 0 Å². The predicted molar refractivity (Wildman–Crippen MR) is 72.6 cm³/mol. The lowest BCUT2D eigenvalue weighted by Gasteiger charge is -2.35. The van der Waals surface area contributed by atoms with Crippen LogP contribution in [-0.2, 0) is 5.54 Å². The average molecular weight is 261 g/mol. The number of benzene rings is 2. The molecule has 0 saturated heterocycles. The summed E-state index contributed by atoms with van der Waals surface area (Å²) in [4.78, 5) is 0. The van der Waals surface area contributed by atoms with Gasteiger partial charge in [0, 0.05) is 0 Å². The van der Waals surface area contributed by atoms with E-state index < -0.39 is 5.54 Å². The molecule has 0 amide bonds. The standard InChI is InChI=1S/C16H17F2N/c1-11(2)16(19,12-3-7-14(17)8-4-12)13-5-9-15(18)10-6-13/h3-11H,19H2,1-2H3. The average Bonchev–Trinajstić information content (AvgIpc) is 2.39. The largest absolute Gasteiger partial charge is 0.318 e. The zero-order valence-electron chi connectivity index (χ0n) is 11.0. The second-order valence-electron chi connectivity index (χ2n) is 5.04. The van der Waals surface area contributed by atoms with Gasteiger partial charge in [-0.15, -0.1) is 0 Å². The molecule has 0 radical (unpaired) electrons. The minimum Gasteiger partial charge on any atom is -0.318 e. The van der Waals surface area contributed by atoms with E-state index in [-0.39, 0.29) is 17.6 Å². The van der Waals surface area contributed by atoms with Gasteiger partial charge in [-0.2, -0.15) is 0 Å². The Morgan fingerprint density at radius 2 is 1.11 bits per heavy atom. The van der Waals surface area contributed by atoms with Crippen molar-refractivity contribution in [3.05, 3.63) is 71.3 Å². The highest BCUT2D eigenvalue weighted by atomic mass is 19.1. The summed E-state index contributed by atoms with van der Waals surface area (Å²) in [5, 5.41) is 0. The van der Waals surface area contributed by atoms with Crippen molar-refractivity contribution >= 4 is 0 Å². The maximum absolute atomic E-state index is 13.0. The van der Waals surface area contributed by atoms with Gasteiger partial charge in [0.15, 0.2) is 0 Å². The van der Waals surface area contributed by atoms with Crippen molar-refractivity contribution in [1.29, 1.82) is 0 Å². The Balaban J connectivity index is 2.54. The summed E-state index contributed by atoms with van der Waals surface area (Å²) in [5.41, 5.74) is 7.41. The lowest BCUT2D eigenvalue weighted by molar-refractivity contribution is 0.382. The van der Waals surface area contributed by atoms with Gasteiger partial charge in [-0.05, 0) is 41.3 Å². The fraction of sp³-hybridized carbons (Fsp3) is 0.250. The molecule has 0 heterocycles. The molecular weight excluding hydrogens is 244 g/mol. The van der Waals surface area contributed by atoms with Crippen LogP contribution in [0.25, 0.3) is 0 Å². The zero-order valence-corrected chi connectivity index (χ0v) is 11.0. The smallest absolute Gasteiger partial charge is 0.123 e. The van der Waals surface area contributed by atoms with E-state index >= 15 is 0 Å². The first-order chi connectivity index (χ1) is 8.94. The van der Waals surface area contributed by atoms with E-state index in [0.29, 0.717) is 0 Å². The van der Waals surface area contributed by atoms with Gasteiger partial charge in [0.25, 0.3) is 0 Å². The summed E-state index contributed by atoms with van der Waals surface area (Å²) in [6.45, 7) is 3.99. The summed E-state index contributed by atoms with van der Waals surface area (Å²) in [6.07, 6.45) is 0. The first-order valence-corrected chi connectivity index (χ1v) is 6.25. The van der Waals surface area contributed by atoms with Crippen LogP contribution in [0.5, 0.6) is 0 Å². The lowest BCUT2D eigenvalue weighted by Crippen LogP contribution is -2.43. The molecule has 0 fully saturated rings. The normalized spacial score (nSPS) is 11.9. The molecule has 0 spiro atoms. The Hall–Kier alpha value is -1.74. The Kier molecular flexibility index (Phi) is 3.67. The molecule has 2 aromatic rings. The Morgan fingerprint density at radius 1 is 0.789 bits per heavy atom. The monoisotopic (exact) mass is 261 g/mol. The molecule has 0 unspecified atom stereocenters. The highest BCUT2D eigenvalue weighted by Gasteiger charge is 2.33. The van der Waals surface area contributed by atoms with Gasteiger partial charge in [-0.1, -0.05) is 38.1 Å². The molecule has 3 heteroatoms. The minimum atomic E-state index is -0.762. The van der Waals surface area contributed by atoms with Crippen LogP contribution in [0, 0.1) is 17.6 Å². The first-order valence-electron chi connectivity index (χ1n) is 6.25. The van der Waals surface area contributed by atoms with Crippen molar-refractivity contribution < 1.29 is 8.78 Å². The van der Waals surface area contributed by atoms with E-state index in [1.165, 1.54) is 24.3 Å². The molecule has 19 heavy (non-hydrogen) atoms. The molecule has 0 aliphatic heterocycles. The number of hydrogen-bond donors (Lipinski definition) is 1. The summed E-state index contributed by atoms with van der Waals surface area (Å²) in [7, 11) is 0. The highest BCUT2D eigenvalue weighted by molar-refractivity contribution is 5.38. The highest BCUT2D eigenvalue weighted by Crippen LogP contribution is 2.34. The third kappa shape index (κ3) is 2.51. The fourth-order valence-corrected chi connectivity index (χ4v) is 2.28. The van der Waals surface area contributed by atoms with Crippen LogP contribution < -0.4 is 5.73 Å². The third-order valence-electron chi connectivity index (χ3n) is 3.55. The van der Waals surface area contributed by atoms with Gasteiger partial charge in [-0.3, -0.25) is 0 Å². The third-order valence-corrected chi connectivity index (χ3v) is 3.55. The molecule has 0 aromatic heterocycles. The van der Waals surface area contributed by atoms with Gasteiger partial charge in [-0.25, -0.2) is 8.78 Å². The van der Waals surface area contributed by atoms with Crippen molar-refractivity contribution in [1.82, 2.24) is 0 Å². The number of hydrogen-bond acceptors (Lipinski definition) is 1. The maximum atomic E-state index is 13.0. The first kappa shape index (κ1) is 13.7. The van der Waals surface area contributed by atoms with Crippen LogP contribution in [-0.4, -0.2) is 0 Å². The van der Waals surface area contributed by atoms with Crippen LogP contribution in [0.2, 0.25) is 0 Å². The van der Waals surface area contributed by atoms with E-state index in [1.807, 2.05) is 13.8 Å². The molecule has 2 rings (SSSR count).